The molecule has 0 aromatic carbocycles. The van der Waals surface area contributed by atoms with Crippen molar-refractivity contribution < 1.29 is 30.7 Å². The highest BCUT2D eigenvalue weighted by atomic mass is 19.4. The first-order valence-corrected chi connectivity index (χ1v) is 1.93. The topological polar surface area (TPSA) is 0 Å². The second-order valence-corrected chi connectivity index (χ2v) is 1.45. The summed E-state index contributed by atoms with van der Waals surface area (Å²) < 4.78 is 76.3. The van der Waals surface area contributed by atoms with Gasteiger partial charge in [0.25, 0.3) is 6.17 Å². The summed E-state index contributed by atoms with van der Waals surface area (Å²) in [5.74, 6) is 0. The van der Waals surface area contributed by atoms with Crippen LogP contribution < -0.4 is 0 Å². The Morgan fingerprint density at radius 3 is 0.900 bits per heavy atom. The normalized spacial score (nSPS) is 14.4. The van der Waals surface area contributed by atoms with Gasteiger partial charge in [-0.1, -0.05) is 0 Å². The van der Waals surface area contributed by atoms with Gasteiger partial charge in [0, 0.05) is 0 Å². The molecule has 0 aromatic rings. The number of hydrogen-bond donors (Lipinski definition) is 0. The summed E-state index contributed by atoms with van der Waals surface area (Å²) in [5, 5.41) is 0. The number of alkyl halides is 7. The van der Waals surface area contributed by atoms with Crippen LogP contribution in [0.4, 0.5) is 30.7 Å². The van der Waals surface area contributed by atoms with Crippen molar-refractivity contribution in [3.05, 3.63) is 0 Å². The Morgan fingerprint density at radius 2 is 0.900 bits per heavy atom. The van der Waals surface area contributed by atoms with E-state index in [1.54, 1.807) is 0 Å². The molecule has 0 amide bonds. The van der Waals surface area contributed by atoms with Gasteiger partial charge in [-0.05, 0) is 0 Å². The Bertz CT molecular complexity index is 93.0. The first-order chi connectivity index (χ1) is 4.15. The molecule has 0 spiro atoms. The molecule has 7 heteroatoms. The van der Waals surface area contributed by atoms with Crippen molar-refractivity contribution in [1.82, 2.24) is 0 Å². The summed E-state index contributed by atoms with van der Waals surface area (Å²) in [6, 6.07) is 0. The molecule has 0 aliphatic carbocycles. The van der Waals surface area contributed by atoms with Gasteiger partial charge >= 0.3 is 12.4 Å². The summed E-state index contributed by atoms with van der Waals surface area (Å²) >= 11 is 0. The Labute approximate surface area is 50.6 Å². The van der Waals surface area contributed by atoms with Crippen molar-refractivity contribution in [2.45, 2.75) is 18.5 Å². The molecule has 0 atom stereocenters. The minimum absolute atomic E-state index is 4.74. The molecule has 10 heavy (non-hydrogen) atoms. The van der Waals surface area contributed by atoms with Crippen LogP contribution in [0.1, 0.15) is 0 Å². The molecule has 0 unspecified atom stereocenters. The van der Waals surface area contributed by atoms with Gasteiger partial charge in [-0.3, -0.25) is 0 Å². The van der Waals surface area contributed by atoms with Crippen molar-refractivity contribution >= 4 is 0 Å². The van der Waals surface area contributed by atoms with Gasteiger partial charge in [-0.2, -0.15) is 26.3 Å². The van der Waals surface area contributed by atoms with Gasteiger partial charge in [0.05, 0.1) is 0 Å². The summed E-state index contributed by atoms with van der Waals surface area (Å²) in [6.07, 6.45) is -16.4. The van der Waals surface area contributed by atoms with Gasteiger partial charge in [0.2, 0.25) is 0 Å². The maximum Gasteiger partial charge on any atom is 0.428 e. The van der Waals surface area contributed by atoms with E-state index in [1.165, 1.54) is 0 Å². The van der Waals surface area contributed by atoms with Gasteiger partial charge in [0.15, 0.2) is 0 Å². The molecule has 0 N–H and O–H groups in total. The zero-order valence-corrected chi connectivity index (χ0v) is 4.22. The fourth-order valence-corrected chi connectivity index (χ4v) is 0.186. The molecule has 0 radical (unpaired) electrons. The molecule has 0 nitrogen and oxygen atoms in total. The predicted molar refractivity (Wildman–Crippen MR) is 17.0 cm³/mol. The molecular formula is C3HF7. The summed E-state index contributed by atoms with van der Waals surface area (Å²) in [5.41, 5.74) is 0. The van der Waals surface area contributed by atoms with Crippen LogP contribution in [0.25, 0.3) is 0 Å². The minimum Gasteiger partial charge on any atom is -0.227 e. The van der Waals surface area contributed by atoms with E-state index < -0.39 is 18.5 Å². The molecule has 0 aliphatic rings. The van der Waals surface area contributed by atoms with Crippen molar-refractivity contribution in [3.8, 4) is 0 Å². The zero-order valence-electron chi connectivity index (χ0n) is 4.22. The molecule has 0 saturated heterocycles. The van der Waals surface area contributed by atoms with Gasteiger partial charge in [-0.15, -0.1) is 0 Å². The highest BCUT2D eigenvalue weighted by molar-refractivity contribution is 4.73. The van der Waals surface area contributed by atoms with E-state index in [-0.39, 0.29) is 0 Å². The first-order valence-electron chi connectivity index (χ1n) is 1.93. The Balaban J connectivity index is 4.23. The molecule has 0 fully saturated rings. The van der Waals surface area contributed by atoms with Crippen molar-refractivity contribution in [3.63, 3.8) is 0 Å². The van der Waals surface area contributed by atoms with Crippen LogP contribution >= 0.6 is 0 Å². The molecule has 0 bridgehead atoms. The second-order valence-electron chi connectivity index (χ2n) is 1.45. The van der Waals surface area contributed by atoms with Crippen LogP contribution in [0.5, 0.6) is 0 Å². The van der Waals surface area contributed by atoms with E-state index in [9.17, 15) is 30.7 Å². The largest absolute Gasteiger partial charge is 0.428 e. The molecular weight excluding hydrogens is 169 g/mol. The van der Waals surface area contributed by atoms with Gasteiger partial charge in [-0.25, -0.2) is 4.39 Å². The lowest BCUT2D eigenvalue weighted by Gasteiger charge is -2.14. The van der Waals surface area contributed by atoms with E-state index in [0.29, 0.717) is 0 Å². The lowest BCUT2D eigenvalue weighted by molar-refractivity contribution is -0.285. The summed E-state index contributed by atoms with van der Waals surface area (Å²) in [7, 11) is 0. The lowest BCUT2D eigenvalue weighted by atomic mass is 10.4. The SMILES string of the molecule is FC(C(F)(F)F)C(F)(F)F. The van der Waals surface area contributed by atoms with Gasteiger partial charge < -0.3 is 0 Å². The summed E-state index contributed by atoms with van der Waals surface area (Å²) in [6.45, 7) is 0. The quantitative estimate of drug-likeness (QED) is 0.490. The molecule has 0 heterocycles. The first kappa shape index (κ1) is 9.51. The molecule has 0 saturated carbocycles. The number of halogens is 7. The molecule has 0 rings (SSSR count). The van der Waals surface area contributed by atoms with E-state index in [2.05, 4.69) is 0 Å². The average molecular weight is 170 g/mol. The van der Waals surface area contributed by atoms with Crippen LogP contribution in [-0.4, -0.2) is 18.5 Å². The Morgan fingerprint density at radius 1 is 0.700 bits per heavy atom. The van der Waals surface area contributed by atoms with E-state index in [0.717, 1.165) is 0 Å². The average Bonchev–Trinajstić information content (AvgIpc) is 1.59. The van der Waals surface area contributed by atoms with Gasteiger partial charge in [0.1, 0.15) is 0 Å². The van der Waals surface area contributed by atoms with Crippen LogP contribution in [0, 0.1) is 0 Å². The van der Waals surface area contributed by atoms with E-state index in [4.69, 9.17) is 0 Å². The van der Waals surface area contributed by atoms with Crippen LogP contribution in [0.2, 0.25) is 0 Å². The predicted octanol–water partition coefficient (Wildman–Crippen LogP) is 2.45. The molecule has 62 valence electrons. The maximum absolute atomic E-state index is 11.2. The van der Waals surface area contributed by atoms with Crippen LogP contribution in [0.15, 0.2) is 0 Å². The standard InChI is InChI=1S/C3HF7/c4-1(2(5,6)7)3(8,9)10/h1H. The van der Waals surface area contributed by atoms with Crippen molar-refractivity contribution in [1.29, 1.82) is 0 Å². The third-order valence-corrected chi connectivity index (χ3v) is 0.575. The van der Waals surface area contributed by atoms with E-state index in [1.807, 2.05) is 0 Å². The smallest absolute Gasteiger partial charge is 0.227 e. The van der Waals surface area contributed by atoms with Crippen LogP contribution in [0.3, 0.4) is 0 Å². The fraction of sp³-hybridized carbons (Fsp3) is 1.00. The number of rotatable bonds is 0. The minimum atomic E-state index is -5.85. The molecule has 0 aliphatic heterocycles. The maximum atomic E-state index is 11.2. The van der Waals surface area contributed by atoms with E-state index >= 15 is 0 Å². The van der Waals surface area contributed by atoms with Crippen molar-refractivity contribution in [2.75, 3.05) is 0 Å². The Kier molecular flexibility index (Phi) is 2.17. The second kappa shape index (κ2) is 2.28. The Hall–Kier alpha value is -0.490. The third kappa shape index (κ3) is 2.40. The monoisotopic (exact) mass is 170 g/mol. The fourth-order valence-electron chi connectivity index (χ4n) is 0.186. The molecule has 0 aromatic heterocycles. The van der Waals surface area contributed by atoms with Crippen LogP contribution in [-0.2, 0) is 0 Å². The number of hydrogen-bond acceptors (Lipinski definition) is 0. The highest BCUT2D eigenvalue weighted by Gasteiger charge is 2.57. The van der Waals surface area contributed by atoms with Crippen molar-refractivity contribution in [2.24, 2.45) is 0 Å². The third-order valence-electron chi connectivity index (χ3n) is 0.575. The zero-order chi connectivity index (χ0) is 8.58. The highest BCUT2D eigenvalue weighted by Crippen LogP contribution is 2.35. The summed E-state index contributed by atoms with van der Waals surface area (Å²) in [4.78, 5) is 0. The lowest BCUT2D eigenvalue weighted by Crippen LogP contribution is -2.38.